The maximum absolute atomic E-state index is 11.3. The number of rotatable bonds is 28. The Balaban J connectivity index is 0. The molecule has 0 aliphatic heterocycles. The lowest BCUT2D eigenvalue weighted by Gasteiger charge is -2.08. The topological polar surface area (TPSA) is 134 Å². The second-order valence-electron chi connectivity index (χ2n) is 10.9. The van der Waals surface area contributed by atoms with Crippen LogP contribution in [0.5, 0.6) is 0 Å². The monoisotopic (exact) mass is 576 g/mol. The predicted molar refractivity (Wildman–Crippen MR) is 161 cm³/mol. The van der Waals surface area contributed by atoms with Crippen LogP contribution in [0.1, 0.15) is 155 Å². The van der Waals surface area contributed by atoms with E-state index < -0.39 is 12.2 Å². The van der Waals surface area contributed by atoms with E-state index in [1.807, 2.05) is 0 Å². The molecule has 8 heteroatoms. The van der Waals surface area contributed by atoms with Gasteiger partial charge in [0.1, 0.15) is 25.4 Å². The van der Waals surface area contributed by atoms with E-state index in [0.717, 1.165) is 25.7 Å². The van der Waals surface area contributed by atoms with Crippen LogP contribution in [0.2, 0.25) is 0 Å². The molecule has 0 aliphatic rings. The molecule has 0 aromatic carbocycles. The Morgan fingerprint density at radius 1 is 0.475 bits per heavy atom. The average molecular weight is 577 g/mol. The van der Waals surface area contributed by atoms with Crippen molar-refractivity contribution in [3.05, 3.63) is 0 Å². The molecule has 4 N–H and O–H groups in total. The smallest absolute Gasteiger partial charge is 0.305 e. The first kappa shape index (κ1) is 40.9. The van der Waals surface area contributed by atoms with E-state index in [0.29, 0.717) is 12.8 Å². The second kappa shape index (κ2) is 34.0. The first-order valence-electron chi connectivity index (χ1n) is 16.3. The molecule has 0 aromatic rings. The molecule has 0 saturated carbocycles. The molecule has 0 amide bonds. The number of hydrogen-bond acceptors (Lipinski definition) is 8. The Kier molecular flexibility index (Phi) is 34.8. The summed E-state index contributed by atoms with van der Waals surface area (Å²) in [6, 6.07) is 0. The number of ether oxygens (including phenoxy) is 2. The summed E-state index contributed by atoms with van der Waals surface area (Å²) in [4.78, 5) is 22.6. The Bertz CT molecular complexity index is 529. The van der Waals surface area contributed by atoms with Crippen LogP contribution in [-0.2, 0) is 19.1 Å². The van der Waals surface area contributed by atoms with E-state index >= 15 is 0 Å². The maximum atomic E-state index is 11.3. The third-order valence-corrected chi connectivity index (χ3v) is 6.76. The van der Waals surface area contributed by atoms with Crippen molar-refractivity contribution in [3.8, 4) is 0 Å². The van der Waals surface area contributed by atoms with E-state index in [4.69, 9.17) is 29.9 Å². The standard InChI is InChI=1S/C17H34O4.C15H30O4/c1-2-3-4-5-6-7-8-9-10-11-12-13-17(20)21-15-16(19)14-18;1-2-3-4-5-6-7-8-9-10-11-15(18)19-13-14(17)12-16/h16,18-19H,2-15H2,1H3;14,16-17H,2-13H2,1H3. The number of esters is 2. The highest BCUT2D eigenvalue weighted by Gasteiger charge is 2.08. The Labute approximate surface area is 245 Å². The van der Waals surface area contributed by atoms with Crippen LogP contribution in [0.4, 0.5) is 0 Å². The minimum atomic E-state index is -0.953. The fourth-order valence-electron chi connectivity index (χ4n) is 4.14. The van der Waals surface area contributed by atoms with Gasteiger partial charge in [0, 0.05) is 12.8 Å². The zero-order chi connectivity index (χ0) is 30.1. The van der Waals surface area contributed by atoms with E-state index in [1.54, 1.807) is 0 Å². The van der Waals surface area contributed by atoms with Crippen LogP contribution in [0.25, 0.3) is 0 Å². The second-order valence-corrected chi connectivity index (χ2v) is 10.9. The van der Waals surface area contributed by atoms with Crippen LogP contribution in [-0.4, -0.2) is 71.0 Å². The highest BCUT2D eigenvalue weighted by atomic mass is 16.5. The number of carbonyl (C=O) groups is 2. The molecule has 2 atom stereocenters. The zero-order valence-electron chi connectivity index (χ0n) is 26.0. The number of unbranched alkanes of at least 4 members (excludes halogenated alkanes) is 18. The summed E-state index contributed by atoms with van der Waals surface area (Å²) >= 11 is 0. The van der Waals surface area contributed by atoms with Gasteiger partial charge in [0.15, 0.2) is 0 Å². The summed E-state index contributed by atoms with van der Waals surface area (Å²) in [5, 5.41) is 35.2. The predicted octanol–water partition coefficient (Wildman–Crippen LogP) is 6.39. The molecular weight excluding hydrogens is 512 g/mol. The average Bonchev–Trinajstić information content (AvgIpc) is 2.96. The highest BCUT2D eigenvalue weighted by Crippen LogP contribution is 2.12. The fourth-order valence-corrected chi connectivity index (χ4v) is 4.14. The Hall–Kier alpha value is -1.22. The van der Waals surface area contributed by atoms with Crippen molar-refractivity contribution in [1.82, 2.24) is 0 Å². The molecule has 0 fully saturated rings. The van der Waals surface area contributed by atoms with Crippen molar-refractivity contribution in [3.63, 3.8) is 0 Å². The van der Waals surface area contributed by atoms with Crippen LogP contribution in [0, 0.1) is 0 Å². The van der Waals surface area contributed by atoms with Gasteiger partial charge >= 0.3 is 11.9 Å². The van der Waals surface area contributed by atoms with Crippen molar-refractivity contribution in [2.24, 2.45) is 0 Å². The first-order chi connectivity index (χ1) is 19.4. The van der Waals surface area contributed by atoms with Crippen molar-refractivity contribution in [2.75, 3.05) is 26.4 Å². The summed E-state index contributed by atoms with van der Waals surface area (Å²) in [5.41, 5.74) is 0. The van der Waals surface area contributed by atoms with Crippen molar-refractivity contribution < 1.29 is 39.5 Å². The van der Waals surface area contributed by atoms with Gasteiger partial charge in [-0.3, -0.25) is 9.59 Å². The van der Waals surface area contributed by atoms with Gasteiger partial charge in [-0.25, -0.2) is 0 Å². The quantitative estimate of drug-likeness (QED) is 0.0622. The number of aliphatic hydroxyl groups is 4. The molecule has 0 aliphatic carbocycles. The Morgan fingerprint density at radius 3 is 0.975 bits per heavy atom. The molecule has 0 spiro atoms. The van der Waals surface area contributed by atoms with Crippen molar-refractivity contribution in [1.29, 1.82) is 0 Å². The molecule has 0 aromatic heterocycles. The molecule has 0 saturated heterocycles. The molecule has 0 rings (SSSR count). The molecular formula is C32H64O8. The van der Waals surface area contributed by atoms with Gasteiger partial charge in [-0.1, -0.05) is 129 Å². The lowest BCUT2D eigenvalue weighted by Crippen LogP contribution is -2.21. The van der Waals surface area contributed by atoms with Gasteiger partial charge < -0.3 is 29.9 Å². The lowest BCUT2D eigenvalue weighted by atomic mass is 10.1. The lowest BCUT2D eigenvalue weighted by molar-refractivity contribution is -0.148. The third-order valence-electron chi connectivity index (χ3n) is 6.76. The van der Waals surface area contributed by atoms with E-state index in [1.165, 1.54) is 103 Å². The summed E-state index contributed by atoms with van der Waals surface area (Å²) in [6.07, 6.45) is 23.6. The van der Waals surface area contributed by atoms with Crippen molar-refractivity contribution in [2.45, 2.75) is 167 Å². The molecule has 0 bridgehead atoms. The normalized spacial score (nSPS) is 12.3. The Morgan fingerprint density at radius 2 is 0.725 bits per heavy atom. The maximum Gasteiger partial charge on any atom is 0.305 e. The molecule has 2 unspecified atom stereocenters. The van der Waals surface area contributed by atoms with Crippen LogP contribution < -0.4 is 0 Å². The minimum Gasteiger partial charge on any atom is -0.463 e. The summed E-state index contributed by atoms with van der Waals surface area (Å²) < 4.78 is 9.66. The third kappa shape index (κ3) is 34.8. The molecule has 0 radical (unpaired) electrons. The molecule has 8 nitrogen and oxygen atoms in total. The number of aliphatic hydroxyl groups excluding tert-OH is 4. The van der Waals surface area contributed by atoms with E-state index in [-0.39, 0.29) is 38.4 Å². The van der Waals surface area contributed by atoms with Crippen molar-refractivity contribution >= 4 is 11.9 Å². The van der Waals surface area contributed by atoms with E-state index in [9.17, 15) is 9.59 Å². The van der Waals surface area contributed by atoms with Gasteiger partial charge in [0.05, 0.1) is 13.2 Å². The molecule has 240 valence electrons. The van der Waals surface area contributed by atoms with Gasteiger partial charge in [-0.05, 0) is 12.8 Å². The largest absolute Gasteiger partial charge is 0.463 e. The van der Waals surface area contributed by atoms with E-state index in [2.05, 4.69) is 13.8 Å². The zero-order valence-corrected chi connectivity index (χ0v) is 26.0. The highest BCUT2D eigenvalue weighted by molar-refractivity contribution is 5.69. The number of hydrogen-bond donors (Lipinski definition) is 4. The molecule has 40 heavy (non-hydrogen) atoms. The molecule has 0 heterocycles. The first-order valence-corrected chi connectivity index (χ1v) is 16.3. The van der Waals surface area contributed by atoms with Gasteiger partial charge in [0.25, 0.3) is 0 Å². The SMILES string of the molecule is CCCCCCCCCCCC(=O)OCC(O)CO.CCCCCCCCCCCCCC(=O)OCC(O)CO. The fraction of sp³-hybridized carbons (Fsp3) is 0.938. The number of carbonyl (C=O) groups excluding carboxylic acids is 2. The van der Waals surface area contributed by atoms with Crippen LogP contribution >= 0.6 is 0 Å². The summed E-state index contributed by atoms with van der Waals surface area (Å²) in [5.74, 6) is -0.561. The summed E-state index contributed by atoms with van der Waals surface area (Å²) in [7, 11) is 0. The van der Waals surface area contributed by atoms with Crippen LogP contribution in [0.3, 0.4) is 0 Å². The van der Waals surface area contributed by atoms with Gasteiger partial charge in [-0.2, -0.15) is 0 Å². The van der Waals surface area contributed by atoms with Gasteiger partial charge in [-0.15, -0.1) is 0 Å². The minimum absolute atomic E-state index is 0.104. The van der Waals surface area contributed by atoms with Gasteiger partial charge in [0.2, 0.25) is 0 Å². The van der Waals surface area contributed by atoms with Crippen LogP contribution in [0.15, 0.2) is 0 Å². The summed E-state index contributed by atoms with van der Waals surface area (Å²) in [6.45, 7) is 3.51.